The lowest BCUT2D eigenvalue weighted by molar-refractivity contribution is -0.297. The minimum Gasteiger partial charge on any atom is -0.362 e. The average Bonchev–Trinajstić information content (AvgIpc) is 3.22. The second kappa shape index (κ2) is 4.56. The molecular weight excluding hydrogens is 285 g/mol. The Morgan fingerprint density at radius 2 is 1.90 bits per heavy atom. The largest absolute Gasteiger partial charge is 0.438 e. The molecule has 2 aliphatic rings. The Morgan fingerprint density at radius 1 is 1.29 bits per heavy atom. The van der Waals surface area contributed by atoms with Crippen LogP contribution in [-0.2, 0) is 0 Å². The van der Waals surface area contributed by atoms with Crippen LogP contribution in [0.4, 0.5) is 13.2 Å². The molecule has 1 atom stereocenters. The topological polar surface area (TPSA) is 52.9 Å². The van der Waals surface area contributed by atoms with E-state index in [1.807, 2.05) is 0 Å². The summed E-state index contributed by atoms with van der Waals surface area (Å²) in [5, 5.41) is 14.0. The first-order chi connectivity index (χ1) is 9.83. The molecule has 0 spiro atoms. The monoisotopic (exact) mass is 298 g/mol. The first-order valence-electron chi connectivity index (χ1n) is 6.59. The highest BCUT2D eigenvalue weighted by molar-refractivity contribution is 5.99. The lowest BCUT2D eigenvalue weighted by Crippen LogP contribution is -2.56. The molecule has 0 bridgehead atoms. The molecule has 112 valence electrons. The number of nitrogens with zero attached hydrogens (tertiary/aromatic N) is 2. The zero-order valence-electron chi connectivity index (χ0n) is 11.0. The van der Waals surface area contributed by atoms with Crippen LogP contribution < -0.4 is 0 Å². The van der Waals surface area contributed by atoms with Gasteiger partial charge in [-0.15, -0.1) is 0 Å². The molecule has 1 N–H and O–H groups in total. The normalized spacial score (nSPS) is 25.9. The third-order valence-corrected chi connectivity index (χ3v) is 3.72. The highest BCUT2D eigenvalue weighted by atomic mass is 19.4. The van der Waals surface area contributed by atoms with E-state index in [-0.39, 0.29) is 22.2 Å². The molecule has 21 heavy (non-hydrogen) atoms. The quantitative estimate of drug-likeness (QED) is 0.912. The number of amides is 1. The lowest BCUT2D eigenvalue weighted by Gasteiger charge is -2.32. The van der Waals surface area contributed by atoms with E-state index in [1.54, 1.807) is 18.2 Å². The molecule has 0 saturated heterocycles. The Hall–Kier alpha value is -1.89. The molecule has 0 unspecified atom stereocenters. The molecule has 0 aromatic heterocycles. The lowest BCUT2D eigenvalue weighted by atomic mass is 10.0. The summed E-state index contributed by atoms with van der Waals surface area (Å²) >= 11 is 0. The molecule has 3 rings (SSSR count). The van der Waals surface area contributed by atoms with Gasteiger partial charge in [-0.25, -0.2) is 0 Å². The van der Waals surface area contributed by atoms with Crippen LogP contribution >= 0.6 is 0 Å². The summed E-state index contributed by atoms with van der Waals surface area (Å²) in [5.41, 5.74) is -2.95. The standard InChI is InChI=1S/C14H13F3N2O2/c15-14(16,17)13(21)8-11(9-6-7-9)18-19(13)12(20)10-4-2-1-3-5-10/h1-5,9,21H,6-8H2/t13-/m0/s1. The Balaban J connectivity index is 1.97. The van der Waals surface area contributed by atoms with Gasteiger partial charge in [-0.1, -0.05) is 18.2 Å². The van der Waals surface area contributed by atoms with Gasteiger partial charge in [0, 0.05) is 17.7 Å². The van der Waals surface area contributed by atoms with E-state index in [1.165, 1.54) is 12.1 Å². The fourth-order valence-corrected chi connectivity index (χ4v) is 2.35. The summed E-state index contributed by atoms with van der Waals surface area (Å²) < 4.78 is 39.6. The van der Waals surface area contributed by atoms with Crippen molar-refractivity contribution >= 4 is 11.6 Å². The van der Waals surface area contributed by atoms with Crippen molar-refractivity contribution in [3.8, 4) is 0 Å². The number of hydrogen-bond donors (Lipinski definition) is 1. The molecule has 1 aliphatic heterocycles. The number of aliphatic hydroxyl groups is 1. The van der Waals surface area contributed by atoms with Crippen molar-refractivity contribution in [1.29, 1.82) is 0 Å². The predicted molar refractivity (Wildman–Crippen MR) is 68.4 cm³/mol. The van der Waals surface area contributed by atoms with Crippen LogP contribution in [0.2, 0.25) is 0 Å². The van der Waals surface area contributed by atoms with Crippen molar-refractivity contribution in [2.24, 2.45) is 11.0 Å². The molecule has 1 aromatic rings. The van der Waals surface area contributed by atoms with Crippen LogP contribution in [0.3, 0.4) is 0 Å². The molecule has 1 fully saturated rings. The predicted octanol–water partition coefficient (Wildman–Crippen LogP) is 2.55. The maximum absolute atomic E-state index is 13.2. The summed E-state index contributed by atoms with van der Waals surface area (Å²) in [4.78, 5) is 12.3. The van der Waals surface area contributed by atoms with Crippen LogP contribution in [0.15, 0.2) is 35.4 Å². The summed E-state index contributed by atoms with van der Waals surface area (Å²) in [6, 6.07) is 7.52. The van der Waals surface area contributed by atoms with Gasteiger partial charge in [-0.05, 0) is 30.9 Å². The summed E-state index contributed by atoms with van der Waals surface area (Å²) in [5.74, 6) is -1.00. The van der Waals surface area contributed by atoms with Gasteiger partial charge in [-0.2, -0.15) is 23.3 Å². The number of carbonyl (C=O) groups is 1. The second-order valence-corrected chi connectivity index (χ2v) is 5.34. The van der Waals surface area contributed by atoms with Gasteiger partial charge in [0.1, 0.15) is 0 Å². The molecular formula is C14H13F3N2O2. The zero-order valence-corrected chi connectivity index (χ0v) is 11.0. The minimum atomic E-state index is -4.96. The van der Waals surface area contributed by atoms with E-state index < -0.39 is 24.2 Å². The highest BCUT2D eigenvalue weighted by Gasteiger charge is 2.64. The highest BCUT2D eigenvalue weighted by Crippen LogP contribution is 2.45. The summed E-state index contributed by atoms with van der Waals surface area (Å²) in [7, 11) is 0. The number of benzene rings is 1. The van der Waals surface area contributed by atoms with Gasteiger partial charge in [0.05, 0.1) is 0 Å². The van der Waals surface area contributed by atoms with E-state index in [9.17, 15) is 23.1 Å². The number of hydrogen-bond acceptors (Lipinski definition) is 3. The van der Waals surface area contributed by atoms with Gasteiger partial charge in [0.2, 0.25) is 0 Å². The van der Waals surface area contributed by atoms with Crippen LogP contribution in [0.5, 0.6) is 0 Å². The number of rotatable bonds is 2. The van der Waals surface area contributed by atoms with E-state index >= 15 is 0 Å². The fraction of sp³-hybridized carbons (Fsp3) is 0.429. The summed E-state index contributed by atoms with van der Waals surface area (Å²) in [6.07, 6.45) is -4.13. The van der Waals surface area contributed by atoms with E-state index in [0.717, 1.165) is 12.8 Å². The van der Waals surface area contributed by atoms with Gasteiger partial charge in [0.25, 0.3) is 11.6 Å². The zero-order chi connectivity index (χ0) is 15.3. The average molecular weight is 298 g/mol. The SMILES string of the molecule is O=C(c1ccccc1)N1N=C(C2CC2)C[C@]1(O)C(F)(F)F. The maximum Gasteiger partial charge on any atom is 0.438 e. The first kappa shape index (κ1) is 14.1. The van der Waals surface area contributed by atoms with Crippen molar-refractivity contribution < 1.29 is 23.1 Å². The Kier molecular flexibility index (Phi) is 3.05. The Morgan fingerprint density at radius 3 is 2.43 bits per heavy atom. The first-order valence-corrected chi connectivity index (χ1v) is 6.59. The molecule has 1 heterocycles. The van der Waals surface area contributed by atoms with Crippen LogP contribution in [-0.4, -0.2) is 33.6 Å². The molecule has 0 radical (unpaired) electrons. The van der Waals surface area contributed by atoms with E-state index in [0.29, 0.717) is 0 Å². The third-order valence-electron chi connectivity index (χ3n) is 3.72. The molecule has 7 heteroatoms. The Labute approximate surface area is 118 Å². The van der Waals surface area contributed by atoms with Gasteiger partial charge in [0.15, 0.2) is 0 Å². The second-order valence-electron chi connectivity index (χ2n) is 5.34. The van der Waals surface area contributed by atoms with Crippen molar-refractivity contribution in [2.45, 2.75) is 31.2 Å². The van der Waals surface area contributed by atoms with Crippen molar-refractivity contribution in [2.75, 3.05) is 0 Å². The molecule has 1 amide bonds. The fourth-order valence-electron chi connectivity index (χ4n) is 2.35. The van der Waals surface area contributed by atoms with Crippen LogP contribution in [0.25, 0.3) is 0 Å². The van der Waals surface area contributed by atoms with Crippen LogP contribution in [0.1, 0.15) is 29.6 Å². The number of carbonyl (C=O) groups excluding carboxylic acids is 1. The molecule has 1 aliphatic carbocycles. The third kappa shape index (κ3) is 2.31. The number of hydrazone groups is 1. The van der Waals surface area contributed by atoms with Crippen LogP contribution in [0, 0.1) is 5.92 Å². The minimum absolute atomic E-state index is 0.0487. The number of halogens is 3. The van der Waals surface area contributed by atoms with E-state index in [4.69, 9.17) is 0 Å². The van der Waals surface area contributed by atoms with Crippen molar-refractivity contribution in [3.63, 3.8) is 0 Å². The molecule has 1 aromatic carbocycles. The van der Waals surface area contributed by atoms with Gasteiger partial charge < -0.3 is 5.11 Å². The Bertz CT molecular complexity index is 596. The summed E-state index contributed by atoms with van der Waals surface area (Å²) in [6.45, 7) is 0. The van der Waals surface area contributed by atoms with Crippen molar-refractivity contribution in [3.05, 3.63) is 35.9 Å². The van der Waals surface area contributed by atoms with Gasteiger partial charge in [-0.3, -0.25) is 4.79 Å². The maximum atomic E-state index is 13.2. The smallest absolute Gasteiger partial charge is 0.362 e. The van der Waals surface area contributed by atoms with Gasteiger partial charge >= 0.3 is 6.18 Å². The number of alkyl halides is 3. The molecule has 4 nitrogen and oxygen atoms in total. The molecule has 1 saturated carbocycles. The van der Waals surface area contributed by atoms with E-state index in [2.05, 4.69) is 5.10 Å². The van der Waals surface area contributed by atoms with Crippen molar-refractivity contribution in [1.82, 2.24) is 5.01 Å².